The predicted octanol–water partition coefficient (Wildman–Crippen LogP) is 3.04. The molecule has 1 aromatic carbocycles. The maximum atomic E-state index is 12.4. The second kappa shape index (κ2) is 7.61. The number of Topliss-reactive ketones (excluding diaryl/α,β-unsaturated/α-hetero) is 1. The molecule has 25 heavy (non-hydrogen) atoms. The van der Waals surface area contributed by atoms with Gasteiger partial charge in [-0.3, -0.25) is 14.4 Å². The summed E-state index contributed by atoms with van der Waals surface area (Å²) in [4.78, 5) is 38.3. The van der Waals surface area contributed by atoms with Crippen LogP contribution >= 0.6 is 11.3 Å². The van der Waals surface area contributed by atoms with E-state index in [0.717, 1.165) is 5.56 Å². The lowest BCUT2D eigenvalue weighted by molar-refractivity contribution is -0.141. The summed E-state index contributed by atoms with van der Waals surface area (Å²) in [5.41, 5.74) is 0.930. The zero-order chi connectivity index (χ0) is 17.8. The average Bonchev–Trinajstić information content (AvgIpc) is 3.29. The van der Waals surface area contributed by atoms with E-state index in [1.165, 1.54) is 11.3 Å². The van der Waals surface area contributed by atoms with E-state index < -0.39 is 11.9 Å². The van der Waals surface area contributed by atoms with Crippen molar-refractivity contribution in [1.82, 2.24) is 4.90 Å². The zero-order valence-corrected chi connectivity index (χ0v) is 14.4. The van der Waals surface area contributed by atoms with Crippen LogP contribution in [0.2, 0.25) is 0 Å². The van der Waals surface area contributed by atoms with Crippen LogP contribution in [0.25, 0.3) is 0 Å². The summed E-state index contributed by atoms with van der Waals surface area (Å²) >= 11 is 1.36. The van der Waals surface area contributed by atoms with Gasteiger partial charge >= 0.3 is 5.97 Å². The van der Waals surface area contributed by atoms with Crippen molar-refractivity contribution >= 4 is 29.0 Å². The Morgan fingerprint density at radius 2 is 1.80 bits per heavy atom. The topological polar surface area (TPSA) is 74.7 Å². The van der Waals surface area contributed by atoms with Gasteiger partial charge in [0.1, 0.15) is 0 Å². The number of benzene rings is 1. The molecule has 0 bridgehead atoms. The first-order chi connectivity index (χ1) is 12.1. The summed E-state index contributed by atoms with van der Waals surface area (Å²) in [6, 6.07) is 13.0. The molecule has 0 aliphatic carbocycles. The van der Waals surface area contributed by atoms with Crippen molar-refractivity contribution in [3.8, 4) is 0 Å². The second-order valence-electron chi connectivity index (χ2n) is 6.16. The fourth-order valence-corrected chi connectivity index (χ4v) is 3.93. The third-order valence-electron chi connectivity index (χ3n) is 4.58. The number of carbonyl (C=O) groups is 3. The number of likely N-dealkylation sites (tertiary alicyclic amines) is 1. The van der Waals surface area contributed by atoms with E-state index in [-0.39, 0.29) is 37.0 Å². The van der Waals surface area contributed by atoms with E-state index in [2.05, 4.69) is 0 Å². The molecule has 0 unspecified atom stereocenters. The molecule has 2 atom stereocenters. The predicted molar refractivity (Wildman–Crippen MR) is 94.8 cm³/mol. The highest BCUT2D eigenvalue weighted by molar-refractivity contribution is 7.12. The summed E-state index contributed by atoms with van der Waals surface area (Å²) in [7, 11) is 0. The summed E-state index contributed by atoms with van der Waals surface area (Å²) < 4.78 is 0. The number of ketones is 1. The average molecular weight is 357 g/mol. The van der Waals surface area contributed by atoms with Gasteiger partial charge in [0.2, 0.25) is 5.91 Å². The molecule has 6 heteroatoms. The molecule has 1 fully saturated rings. The summed E-state index contributed by atoms with van der Waals surface area (Å²) in [5, 5.41) is 11.3. The Morgan fingerprint density at radius 3 is 2.44 bits per heavy atom. The van der Waals surface area contributed by atoms with E-state index in [4.69, 9.17) is 0 Å². The fourth-order valence-electron chi connectivity index (χ4n) is 3.23. The highest BCUT2D eigenvalue weighted by Crippen LogP contribution is 2.33. The molecule has 5 nitrogen and oxygen atoms in total. The van der Waals surface area contributed by atoms with E-state index in [1.807, 2.05) is 41.8 Å². The quantitative estimate of drug-likeness (QED) is 0.807. The maximum absolute atomic E-state index is 12.4. The molecule has 0 radical (unpaired) electrons. The maximum Gasteiger partial charge on any atom is 0.308 e. The van der Waals surface area contributed by atoms with Gasteiger partial charge in [0.15, 0.2) is 5.78 Å². The van der Waals surface area contributed by atoms with Crippen LogP contribution in [0, 0.1) is 5.92 Å². The molecule has 2 heterocycles. The van der Waals surface area contributed by atoms with Crippen molar-refractivity contribution in [2.75, 3.05) is 13.1 Å². The minimum atomic E-state index is -0.890. The number of nitrogens with zero attached hydrogens (tertiary/aromatic N) is 1. The smallest absolute Gasteiger partial charge is 0.308 e. The Labute approximate surface area is 149 Å². The van der Waals surface area contributed by atoms with Gasteiger partial charge < -0.3 is 10.0 Å². The van der Waals surface area contributed by atoms with E-state index >= 15 is 0 Å². The molecule has 0 spiro atoms. The summed E-state index contributed by atoms with van der Waals surface area (Å²) in [6.45, 7) is 0.577. The van der Waals surface area contributed by atoms with Gasteiger partial charge in [-0.15, -0.1) is 11.3 Å². The first kappa shape index (κ1) is 17.4. The highest BCUT2D eigenvalue weighted by atomic mass is 32.1. The van der Waals surface area contributed by atoms with E-state index in [1.54, 1.807) is 11.0 Å². The molecule has 3 rings (SSSR count). The fraction of sp³-hybridized carbons (Fsp3) is 0.316. The normalized spacial score (nSPS) is 19.8. The van der Waals surface area contributed by atoms with Crippen molar-refractivity contribution in [3.63, 3.8) is 0 Å². The van der Waals surface area contributed by atoms with Gasteiger partial charge in [-0.25, -0.2) is 0 Å². The highest BCUT2D eigenvalue weighted by Gasteiger charge is 2.40. The van der Waals surface area contributed by atoms with Crippen molar-refractivity contribution in [2.45, 2.75) is 18.8 Å². The Kier molecular flexibility index (Phi) is 5.28. The first-order valence-corrected chi connectivity index (χ1v) is 9.06. The first-order valence-electron chi connectivity index (χ1n) is 8.18. The number of carboxylic acids is 1. The third kappa shape index (κ3) is 3.96. The minimum absolute atomic E-state index is 0.0445. The van der Waals surface area contributed by atoms with Crippen LogP contribution in [-0.2, 0) is 9.59 Å². The number of hydrogen-bond donors (Lipinski definition) is 1. The van der Waals surface area contributed by atoms with Crippen molar-refractivity contribution in [2.24, 2.45) is 5.92 Å². The third-order valence-corrected chi connectivity index (χ3v) is 5.49. The Hall–Kier alpha value is -2.47. The largest absolute Gasteiger partial charge is 0.481 e. The van der Waals surface area contributed by atoms with Crippen LogP contribution in [0.15, 0.2) is 47.8 Å². The lowest BCUT2D eigenvalue weighted by Crippen LogP contribution is -2.30. The number of carbonyl (C=O) groups excluding carboxylic acids is 2. The molecule has 1 amide bonds. The monoisotopic (exact) mass is 357 g/mol. The molecule has 2 aromatic rings. The van der Waals surface area contributed by atoms with Crippen LogP contribution in [0.4, 0.5) is 0 Å². The molecular weight excluding hydrogens is 338 g/mol. The van der Waals surface area contributed by atoms with Gasteiger partial charge in [0.05, 0.1) is 10.8 Å². The van der Waals surface area contributed by atoms with Crippen molar-refractivity contribution < 1.29 is 19.5 Å². The molecule has 1 aliphatic heterocycles. The molecule has 1 aliphatic rings. The number of aliphatic carboxylic acids is 1. The van der Waals surface area contributed by atoms with E-state index in [0.29, 0.717) is 11.4 Å². The Morgan fingerprint density at radius 1 is 1.04 bits per heavy atom. The van der Waals surface area contributed by atoms with Gasteiger partial charge in [0, 0.05) is 31.8 Å². The molecular formula is C19H19NO4S. The Balaban J connectivity index is 1.63. The summed E-state index contributed by atoms with van der Waals surface area (Å²) in [6.07, 6.45) is 0.272. The van der Waals surface area contributed by atoms with Gasteiger partial charge in [-0.1, -0.05) is 36.4 Å². The zero-order valence-electron chi connectivity index (χ0n) is 13.6. The van der Waals surface area contributed by atoms with Gasteiger partial charge in [-0.2, -0.15) is 0 Å². The van der Waals surface area contributed by atoms with Crippen LogP contribution in [0.1, 0.15) is 34.0 Å². The van der Waals surface area contributed by atoms with E-state index in [9.17, 15) is 19.5 Å². The molecule has 1 saturated heterocycles. The number of rotatable bonds is 6. The minimum Gasteiger partial charge on any atom is -0.481 e. The SMILES string of the molecule is O=C(CCC(=O)N1C[C@H](c2ccccc2)[C@H](C(=O)O)C1)c1cccs1. The number of amides is 1. The van der Waals surface area contributed by atoms with Crippen LogP contribution in [0.3, 0.4) is 0 Å². The molecule has 1 N–H and O–H groups in total. The van der Waals surface area contributed by atoms with Crippen LogP contribution in [-0.4, -0.2) is 40.8 Å². The molecule has 130 valence electrons. The Bertz CT molecular complexity index is 757. The van der Waals surface area contributed by atoms with Gasteiger partial charge in [0.25, 0.3) is 0 Å². The van der Waals surface area contributed by atoms with Gasteiger partial charge in [-0.05, 0) is 17.0 Å². The standard InChI is InChI=1S/C19H19NO4S/c21-16(17-7-4-10-25-17)8-9-18(22)20-11-14(15(12-20)19(23)24)13-5-2-1-3-6-13/h1-7,10,14-15H,8-9,11-12H2,(H,23,24)/t14-,15-/m1/s1. The van der Waals surface area contributed by atoms with Crippen molar-refractivity contribution in [3.05, 3.63) is 58.3 Å². The summed E-state index contributed by atoms with van der Waals surface area (Å²) in [5.74, 6) is -1.92. The lowest BCUT2D eigenvalue weighted by Gasteiger charge is -2.16. The number of hydrogen-bond acceptors (Lipinski definition) is 4. The van der Waals surface area contributed by atoms with Crippen LogP contribution in [0.5, 0.6) is 0 Å². The number of thiophene rings is 1. The number of carboxylic acid groups (broad SMARTS) is 1. The second-order valence-corrected chi connectivity index (χ2v) is 7.11. The molecule has 1 aromatic heterocycles. The molecule has 0 saturated carbocycles. The van der Waals surface area contributed by atoms with Crippen LogP contribution < -0.4 is 0 Å². The lowest BCUT2D eigenvalue weighted by atomic mass is 9.89. The van der Waals surface area contributed by atoms with Crippen molar-refractivity contribution in [1.29, 1.82) is 0 Å².